The van der Waals surface area contributed by atoms with Crippen molar-refractivity contribution in [3.05, 3.63) is 18.2 Å². The molecule has 4 N–H and O–H groups in total. The maximum Gasteiger partial charge on any atom is 0.144 e. The number of ether oxygens (including phenoxy) is 1. The number of nitrogens with two attached hydrogens (primary N) is 1. The molecule has 4 heteroatoms. The number of anilines is 2. The summed E-state index contributed by atoms with van der Waals surface area (Å²) in [5, 5.41) is 13.3. The van der Waals surface area contributed by atoms with Crippen LogP contribution >= 0.6 is 0 Å². The Morgan fingerprint density at radius 1 is 1.37 bits per heavy atom. The fraction of sp³-hybridized carbons (Fsp3) is 0.600. The third kappa shape index (κ3) is 3.53. The highest BCUT2D eigenvalue weighted by molar-refractivity contribution is 5.72. The van der Waals surface area contributed by atoms with Crippen molar-refractivity contribution in [2.45, 2.75) is 38.7 Å². The summed E-state index contributed by atoms with van der Waals surface area (Å²) in [6, 6.07) is 5.76. The highest BCUT2D eigenvalue weighted by Gasteiger charge is 2.22. The normalized spacial score (nSPS) is 23.1. The van der Waals surface area contributed by atoms with Gasteiger partial charge in [-0.3, -0.25) is 0 Å². The molecule has 0 saturated heterocycles. The summed E-state index contributed by atoms with van der Waals surface area (Å²) in [4.78, 5) is 0. The standard InChI is InChI=1S/C15H24N2O2/c1-2-19-14-9-5-7-12(15(14)16)17-10-11-6-3-4-8-13(11)18/h5,7,9,11,13,17-18H,2-4,6,8,10,16H2,1H3. The quantitative estimate of drug-likeness (QED) is 0.715. The summed E-state index contributed by atoms with van der Waals surface area (Å²) >= 11 is 0. The maximum atomic E-state index is 9.96. The first-order valence-corrected chi connectivity index (χ1v) is 7.15. The van der Waals surface area contributed by atoms with Crippen LogP contribution in [-0.2, 0) is 0 Å². The van der Waals surface area contributed by atoms with E-state index in [9.17, 15) is 5.11 Å². The molecule has 1 aromatic carbocycles. The van der Waals surface area contributed by atoms with Crippen LogP contribution in [0.3, 0.4) is 0 Å². The van der Waals surface area contributed by atoms with Gasteiger partial charge in [0, 0.05) is 12.5 Å². The molecule has 0 amide bonds. The Bertz CT molecular complexity index is 409. The molecule has 0 radical (unpaired) electrons. The summed E-state index contributed by atoms with van der Waals surface area (Å²) in [5.74, 6) is 1.04. The molecule has 1 fully saturated rings. The number of hydrogen-bond donors (Lipinski definition) is 3. The van der Waals surface area contributed by atoms with Crippen LogP contribution in [-0.4, -0.2) is 24.4 Å². The van der Waals surface area contributed by atoms with Gasteiger partial charge >= 0.3 is 0 Å². The molecular formula is C15H24N2O2. The van der Waals surface area contributed by atoms with E-state index in [1.54, 1.807) is 0 Å². The van der Waals surface area contributed by atoms with E-state index in [0.29, 0.717) is 18.2 Å². The summed E-state index contributed by atoms with van der Waals surface area (Å²) < 4.78 is 5.48. The average molecular weight is 264 g/mol. The van der Waals surface area contributed by atoms with Crippen LogP contribution in [0, 0.1) is 5.92 Å². The summed E-state index contributed by atoms with van der Waals surface area (Å²) in [5.41, 5.74) is 7.61. The second-order valence-corrected chi connectivity index (χ2v) is 5.14. The summed E-state index contributed by atoms with van der Waals surface area (Å²) in [6.07, 6.45) is 4.16. The fourth-order valence-corrected chi connectivity index (χ4v) is 2.65. The van der Waals surface area contributed by atoms with Gasteiger partial charge in [0.25, 0.3) is 0 Å². The maximum absolute atomic E-state index is 9.96. The molecule has 0 aromatic heterocycles. The molecule has 0 aliphatic heterocycles. The Morgan fingerprint density at radius 3 is 2.89 bits per heavy atom. The van der Waals surface area contributed by atoms with Gasteiger partial charge < -0.3 is 20.9 Å². The third-order valence-corrected chi connectivity index (χ3v) is 3.79. The van der Waals surface area contributed by atoms with Crippen molar-refractivity contribution in [2.75, 3.05) is 24.2 Å². The predicted molar refractivity (Wildman–Crippen MR) is 78.5 cm³/mol. The van der Waals surface area contributed by atoms with E-state index in [1.807, 2.05) is 25.1 Å². The van der Waals surface area contributed by atoms with Gasteiger partial charge in [0.15, 0.2) is 0 Å². The molecule has 2 unspecified atom stereocenters. The van der Waals surface area contributed by atoms with E-state index in [4.69, 9.17) is 10.5 Å². The van der Waals surface area contributed by atoms with Gasteiger partial charge in [0.2, 0.25) is 0 Å². The molecule has 4 nitrogen and oxygen atoms in total. The third-order valence-electron chi connectivity index (χ3n) is 3.79. The van der Waals surface area contributed by atoms with E-state index in [-0.39, 0.29) is 6.10 Å². The highest BCUT2D eigenvalue weighted by Crippen LogP contribution is 2.31. The van der Waals surface area contributed by atoms with E-state index in [1.165, 1.54) is 6.42 Å². The van der Waals surface area contributed by atoms with Gasteiger partial charge in [-0.2, -0.15) is 0 Å². The SMILES string of the molecule is CCOc1cccc(NCC2CCCCC2O)c1N. The number of aliphatic hydroxyl groups is 1. The van der Waals surface area contributed by atoms with Crippen LogP contribution in [0.15, 0.2) is 18.2 Å². The van der Waals surface area contributed by atoms with Crippen molar-refractivity contribution in [2.24, 2.45) is 5.92 Å². The van der Waals surface area contributed by atoms with Gasteiger partial charge in [-0.25, -0.2) is 0 Å². The van der Waals surface area contributed by atoms with E-state index >= 15 is 0 Å². The minimum atomic E-state index is -0.183. The number of rotatable bonds is 5. The van der Waals surface area contributed by atoms with Gasteiger partial charge in [-0.1, -0.05) is 18.9 Å². The first-order chi connectivity index (χ1) is 9.22. The topological polar surface area (TPSA) is 67.5 Å². The second-order valence-electron chi connectivity index (χ2n) is 5.14. The Morgan fingerprint density at radius 2 is 2.16 bits per heavy atom. The zero-order valence-electron chi connectivity index (χ0n) is 11.6. The zero-order valence-corrected chi connectivity index (χ0v) is 11.6. The lowest BCUT2D eigenvalue weighted by Crippen LogP contribution is -2.30. The number of benzene rings is 1. The first-order valence-electron chi connectivity index (χ1n) is 7.15. The largest absolute Gasteiger partial charge is 0.492 e. The Balaban J connectivity index is 1.97. The Kier molecular flexibility index (Phi) is 4.91. The predicted octanol–water partition coefficient (Wildman–Crippen LogP) is 2.63. The van der Waals surface area contributed by atoms with Gasteiger partial charge in [-0.05, 0) is 31.9 Å². The van der Waals surface area contributed by atoms with Crippen molar-refractivity contribution in [1.82, 2.24) is 0 Å². The van der Waals surface area contributed by atoms with Crippen LogP contribution in [0.1, 0.15) is 32.6 Å². The molecule has 1 aliphatic rings. The molecule has 19 heavy (non-hydrogen) atoms. The highest BCUT2D eigenvalue weighted by atomic mass is 16.5. The molecule has 0 spiro atoms. The number of hydrogen-bond acceptors (Lipinski definition) is 4. The van der Waals surface area contributed by atoms with E-state index < -0.39 is 0 Å². The van der Waals surface area contributed by atoms with Crippen LogP contribution in [0.2, 0.25) is 0 Å². The minimum absolute atomic E-state index is 0.183. The lowest BCUT2D eigenvalue weighted by molar-refractivity contribution is 0.0763. The Labute approximate surface area is 115 Å². The van der Waals surface area contributed by atoms with Gasteiger partial charge in [-0.15, -0.1) is 0 Å². The van der Waals surface area contributed by atoms with Crippen molar-refractivity contribution >= 4 is 11.4 Å². The molecule has 2 atom stereocenters. The lowest BCUT2D eigenvalue weighted by Gasteiger charge is -2.28. The molecule has 106 valence electrons. The van der Waals surface area contributed by atoms with E-state index in [0.717, 1.165) is 37.2 Å². The molecular weight excluding hydrogens is 240 g/mol. The van der Waals surface area contributed by atoms with Crippen LogP contribution in [0.25, 0.3) is 0 Å². The first kappa shape index (κ1) is 14.0. The molecule has 0 bridgehead atoms. The number of nitrogens with one attached hydrogen (secondary N) is 1. The summed E-state index contributed by atoms with van der Waals surface area (Å²) in [6.45, 7) is 3.31. The smallest absolute Gasteiger partial charge is 0.144 e. The van der Waals surface area contributed by atoms with Crippen molar-refractivity contribution < 1.29 is 9.84 Å². The van der Waals surface area contributed by atoms with Gasteiger partial charge in [0.1, 0.15) is 5.75 Å². The molecule has 2 rings (SSSR count). The van der Waals surface area contributed by atoms with Crippen LogP contribution in [0.4, 0.5) is 11.4 Å². The number of nitrogen functional groups attached to an aromatic ring is 1. The monoisotopic (exact) mass is 264 g/mol. The molecule has 1 saturated carbocycles. The second kappa shape index (κ2) is 6.66. The average Bonchev–Trinajstić information content (AvgIpc) is 2.42. The lowest BCUT2D eigenvalue weighted by atomic mass is 9.86. The van der Waals surface area contributed by atoms with Crippen molar-refractivity contribution in [1.29, 1.82) is 0 Å². The van der Waals surface area contributed by atoms with Crippen molar-refractivity contribution in [3.63, 3.8) is 0 Å². The molecule has 1 aliphatic carbocycles. The van der Waals surface area contributed by atoms with Crippen LogP contribution < -0.4 is 15.8 Å². The number of aliphatic hydroxyl groups excluding tert-OH is 1. The van der Waals surface area contributed by atoms with Crippen LogP contribution in [0.5, 0.6) is 5.75 Å². The molecule has 1 aromatic rings. The minimum Gasteiger partial charge on any atom is -0.492 e. The zero-order chi connectivity index (χ0) is 13.7. The van der Waals surface area contributed by atoms with Crippen molar-refractivity contribution in [3.8, 4) is 5.75 Å². The number of para-hydroxylation sites is 1. The summed E-state index contributed by atoms with van der Waals surface area (Å²) in [7, 11) is 0. The molecule has 0 heterocycles. The fourth-order valence-electron chi connectivity index (χ4n) is 2.65. The van der Waals surface area contributed by atoms with E-state index in [2.05, 4.69) is 5.32 Å². The van der Waals surface area contributed by atoms with Gasteiger partial charge in [0.05, 0.1) is 24.1 Å². The Hall–Kier alpha value is -1.42.